The standard InChI is InChI=1S/C26H41N5O3/c1-16(30(5)6)23(32)29-22(26(2,3)4)25(34)31-15-18(27)14-21(31)24(33)28-20-13-9-11-17-10-7-8-12-19(17)20/h7-8,10,12,16,18,20-22H,9,11,13-15,27H2,1-6H3,(H,28,33)(H,29,32)/t16-,18-,20+,21-,22+/m0/s1. The summed E-state index contributed by atoms with van der Waals surface area (Å²) in [6.45, 7) is 7.84. The lowest BCUT2D eigenvalue weighted by atomic mass is 9.85. The molecule has 0 aromatic heterocycles. The summed E-state index contributed by atoms with van der Waals surface area (Å²) in [6.07, 6.45) is 3.31. The molecule has 0 radical (unpaired) electrons. The lowest BCUT2D eigenvalue weighted by molar-refractivity contribution is -0.144. The van der Waals surface area contributed by atoms with Crippen molar-refractivity contribution in [3.05, 3.63) is 35.4 Å². The first-order chi connectivity index (χ1) is 15.9. The molecule has 188 valence electrons. The van der Waals surface area contributed by atoms with Crippen LogP contribution in [0.4, 0.5) is 0 Å². The first-order valence-electron chi connectivity index (χ1n) is 12.3. The van der Waals surface area contributed by atoms with Crippen LogP contribution in [0.25, 0.3) is 0 Å². The number of fused-ring (bicyclic) bond motifs is 1. The highest BCUT2D eigenvalue weighted by atomic mass is 16.2. The van der Waals surface area contributed by atoms with Crippen molar-refractivity contribution in [2.75, 3.05) is 20.6 Å². The van der Waals surface area contributed by atoms with Crippen molar-refractivity contribution in [2.45, 2.75) is 83.6 Å². The molecule has 2 aliphatic rings. The molecule has 4 N–H and O–H groups in total. The molecule has 0 bridgehead atoms. The Morgan fingerprint density at radius 2 is 1.85 bits per heavy atom. The Labute approximate surface area is 203 Å². The van der Waals surface area contributed by atoms with Crippen molar-refractivity contribution in [1.82, 2.24) is 20.4 Å². The predicted molar refractivity (Wildman–Crippen MR) is 133 cm³/mol. The lowest BCUT2D eigenvalue weighted by Gasteiger charge is -2.37. The largest absolute Gasteiger partial charge is 0.347 e. The van der Waals surface area contributed by atoms with Gasteiger partial charge in [-0.2, -0.15) is 0 Å². The number of benzene rings is 1. The topological polar surface area (TPSA) is 108 Å². The minimum absolute atomic E-state index is 0.0646. The third kappa shape index (κ3) is 5.78. The summed E-state index contributed by atoms with van der Waals surface area (Å²) < 4.78 is 0. The molecule has 1 heterocycles. The summed E-state index contributed by atoms with van der Waals surface area (Å²) in [5.41, 5.74) is 8.12. The highest BCUT2D eigenvalue weighted by molar-refractivity contribution is 5.94. The maximum Gasteiger partial charge on any atom is 0.246 e. The van der Waals surface area contributed by atoms with Crippen molar-refractivity contribution in [1.29, 1.82) is 0 Å². The zero-order valence-electron chi connectivity index (χ0n) is 21.4. The van der Waals surface area contributed by atoms with Crippen LogP contribution in [0.5, 0.6) is 0 Å². The van der Waals surface area contributed by atoms with Crippen LogP contribution in [-0.4, -0.2) is 72.3 Å². The van der Waals surface area contributed by atoms with Crippen molar-refractivity contribution in [2.24, 2.45) is 11.1 Å². The number of rotatable bonds is 6. The fourth-order valence-electron chi connectivity index (χ4n) is 4.84. The highest BCUT2D eigenvalue weighted by Gasteiger charge is 2.44. The second kappa shape index (κ2) is 10.4. The number of carbonyl (C=O) groups excluding carboxylic acids is 3. The Morgan fingerprint density at radius 3 is 2.50 bits per heavy atom. The van der Waals surface area contributed by atoms with Gasteiger partial charge in [0.15, 0.2) is 0 Å². The Balaban J connectivity index is 1.78. The van der Waals surface area contributed by atoms with Gasteiger partial charge in [-0.05, 0) is 63.2 Å². The second-order valence-corrected chi connectivity index (χ2v) is 11.1. The van der Waals surface area contributed by atoms with E-state index in [9.17, 15) is 14.4 Å². The predicted octanol–water partition coefficient (Wildman–Crippen LogP) is 1.59. The molecule has 0 unspecified atom stereocenters. The van der Waals surface area contributed by atoms with E-state index in [-0.39, 0.29) is 35.8 Å². The van der Waals surface area contributed by atoms with Gasteiger partial charge in [-0.25, -0.2) is 0 Å². The normalized spacial score (nSPS) is 24.4. The summed E-state index contributed by atoms with van der Waals surface area (Å²) in [4.78, 5) is 43.3. The quantitative estimate of drug-likeness (QED) is 0.584. The first kappa shape index (κ1) is 26.2. The number of nitrogens with one attached hydrogen (secondary N) is 2. The van der Waals surface area contributed by atoms with Gasteiger partial charge in [0.05, 0.1) is 12.1 Å². The molecule has 1 fully saturated rings. The minimum atomic E-state index is -0.765. The van der Waals surface area contributed by atoms with Crippen molar-refractivity contribution < 1.29 is 14.4 Å². The van der Waals surface area contributed by atoms with Gasteiger partial charge in [-0.1, -0.05) is 45.0 Å². The van der Waals surface area contributed by atoms with E-state index >= 15 is 0 Å². The van der Waals surface area contributed by atoms with Crippen LogP contribution in [0, 0.1) is 5.41 Å². The smallest absolute Gasteiger partial charge is 0.246 e. The van der Waals surface area contributed by atoms with Crippen LogP contribution in [0.2, 0.25) is 0 Å². The van der Waals surface area contributed by atoms with Gasteiger partial charge in [0, 0.05) is 12.6 Å². The van der Waals surface area contributed by atoms with Crippen LogP contribution in [0.15, 0.2) is 24.3 Å². The maximum atomic E-state index is 13.7. The molecule has 0 spiro atoms. The molecule has 1 aromatic carbocycles. The van der Waals surface area contributed by atoms with Gasteiger partial charge < -0.3 is 21.3 Å². The summed E-state index contributed by atoms with van der Waals surface area (Å²) >= 11 is 0. The lowest BCUT2D eigenvalue weighted by Crippen LogP contribution is -2.59. The molecule has 8 nitrogen and oxygen atoms in total. The van der Waals surface area contributed by atoms with E-state index in [1.807, 2.05) is 47.0 Å². The van der Waals surface area contributed by atoms with Crippen LogP contribution >= 0.6 is 0 Å². The molecule has 3 rings (SSSR count). The molecule has 34 heavy (non-hydrogen) atoms. The summed E-state index contributed by atoms with van der Waals surface area (Å²) in [5, 5.41) is 6.13. The average molecular weight is 472 g/mol. The molecular formula is C26H41N5O3. The average Bonchev–Trinajstić information content (AvgIpc) is 3.17. The Kier molecular flexibility index (Phi) is 8.03. The molecule has 8 heteroatoms. The van der Waals surface area contributed by atoms with E-state index in [0.29, 0.717) is 13.0 Å². The zero-order chi connectivity index (χ0) is 25.2. The van der Waals surface area contributed by atoms with Gasteiger partial charge in [-0.15, -0.1) is 0 Å². The van der Waals surface area contributed by atoms with Gasteiger partial charge in [0.1, 0.15) is 12.1 Å². The van der Waals surface area contributed by atoms with E-state index in [1.54, 1.807) is 16.7 Å². The van der Waals surface area contributed by atoms with Gasteiger partial charge >= 0.3 is 0 Å². The molecule has 1 saturated heterocycles. The fourth-order valence-corrected chi connectivity index (χ4v) is 4.84. The number of aryl methyl sites for hydroxylation is 1. The number of likely N-dealkylation sites (N-methyl/N-ethyl adjacent to an activating group) is 1. The third-order valence-corrected chi connectivity index (χ3v) is 7.16. The number of carbonyl (C=O) groups is 3. The maximum absolute atomic E-state index is 13.7. The second-order valence-electron chi connectivity index (χ2n) is 11.1. The summed E-state index contributed by atoms with van der Waals surface area (Å²) in [6, 6.07) is 6.06. The highest BCUT2D eigenvalue weighted by Crippen LogP contribution is 2.31. The van der Waals surface area contributed by atoms with E-state index in [2.05, 4.69) is 22.8 Å². The Morgan fingerprint density at radius 1 is 1.18 bits per heavy atom. The number of nitrogens with zero attached hydrogens (tertiary/aromatic N) is 2. The molecule has 5 atom stereocenters. The Bertz CT molecular complexity index is 910. The van der Waals surface area contributed by atoms with Crippen LogP contribution in [0.3, 0.4) is 0 Å². The van der Waals surface area contributed by atoms with Crippen LogP contribution in [-0.2, 0) is 20.8 Å². The number of amides is 3. The number of hydrogen-bond donors (Lipinski definition) is 3. The van der Waals surface area contributed by atoms with Gasteiger partial charge in [0.2, 0.25) is 17.7 Å². The molecule has 3 amide bonds. The minimum Gasteiger partial charge on any atom is -0.347 e. The van der Waals surface area contributed by atoms with E-state index in [1.165, 1.54) is 5.56 Å². The monoisotopic (exact) mass is 471 g/mol. The van der Waals surface area contributed by atoms with Gasteiger partial charge in [-0.3, -0.25) is 19.3 Å². The number of hydrogen-bond acceptors (Lipinski definition) is 5. The number of likely N-dealkylation sites (tertiary alicyclic amines) is 1. The van der Waals surface area contributed by atoms with E-state index < -0.39 is 17.5 Å². The first-order valence-corrected chi connectivity index (χ1v) is 12.3. The molecule has 1 aliphatic heterocycles. The van der Waals surface area contributed by atoms with Crippen LogP contribution < -0.4 is 16.4 Å². The SMILES string of the molecule is C[C@@H](C(=O)N[C@H](C(=O)N1C[C@@H](N)C[C@H]1C(=O)N[C@@H]1CCCc2ccccc21)C(C)(C)C)N(C)C. The molecule has 1 aliphatic carbocycles. The van der Waals surface area contributed by atoms with E-state index in [0.717, 1.165) is 24.8 Å². The van der Waals surface area contributed by atoms with Crippen molar-refractivity contribution in [3.8, 4) is 0 Å². The molecule has 0 saturated carbocycles. The summed E-state index contributed by atoms with van der Waals surface area (Å²) in [5.74, 6) is -0.658. The third-order valence-electron chi connectivity index (χ3n) is 7.16. The van der Waals surface area contributed by atoms with Crippen molar-refractivity contribution in [3.63, 3.8) is 0 Å². The van der Waals surface area contributed by atoms with E-state index in [4.69, 9.17) is 5.73 Å². The Hall–Kier alpha value is -2.45. The molecular weight excluding hydrogens is 430 g/mol. The van der Waals surface area contributed by atoms with Crippen LogP contribution in [0.1, 0.15) is 64.1 Å². The van der Waals surface area contributed by atoms with Gasteiger partial charge in [0.25, 0.3) is 0 Å². The number of nitrogens with two attached hydrogens (primary N) is 1. The fraction of sp³-hybridized carbons (Fsp3) is 0.654. The van der Waals surface area contributed by atoms with Crippen molar-refractivity contribution >= 4 is 17.7 Å². The zero-order valence-corrected chi connectivity index (χ0v) is 21.4. The summed E-state index contributed by atoms with van der Waals surface area (Å²) in [7, 11) is 3.64. The molecule has 1 aromatic rings.